The van der Waals surface area contributed by atoms with Gasteiger partial charge in [-0.05, 0) is 172 Å². The molecule has 33 nitrogen and oxygen atoms in total. The standard InChI is InChI=1S/C32H38N4O4.C28H28FN3O4S.C26H21F3N6O2.C24H28N6O4S/c37-26(12-15-34-16-18-35(19-17-34)24-6-2-1-3-7-24)10-11-28-27-8-4-5-9-29(27)32(38)36(25-13-20-39-21-14-25)31(28)30-22-33-23-40-30;1-19-3-4-27(20(2)13-19)37(34,35)18-22-17-32(16-21-5-7-30-8-6-21)25-15-26(31-9-11-36-12-10-31)24(29)14-23(25)28(22)33;27-26(28,29)18-8-5-17(6-9-18)7-10-20(36)11-12-23-32-33-25-34(15-19-13-14-30-16-31-19)24(37)21-3-1-2-4-22(21)35(23)25;1-27-11-13-29(14-12-27)15-16-35(32,33)17-28(2)24-26-21-19-5-3-4-6-20(19)34-22(21)23(31)30(24)18-7-9-25-10-8-18/h1-9,22-23,25,28,31H,10-21H2;3-8,13-15,17H,9-12,16,18H2,1-2H3;1-6,8-9,13-14,16H,7,10-12,15H2;3-10H,11-17H2,1-2H3. The Labute approximate surface area is 857 Å². The van der Waals surface area contributed by atoms with Crippen LogP contribution in [0.2, 0.25) is 0 Å². The Morgan fingerprint density at radius 3 is 1.99 bits per heavy atom. The Hall–Kier alpha value is -14.7. The van der Waals surface area contributed by atoms with Crippen LogP contribution < -0.4 is 31.2 Å². The molecule has 2 unspecified atom stereocenters. The normalized spacial score (nSPS) is 16.2. The minimum atomic E-state index is -4.39. The van der Waals surface area contributed by atoms with E-state index in [2.05, 4.69) is 86.0 Å². The number of Topliss-reactive ketones (excluding diaryl/α,β-unsaturated/α-hetero) is 2. The van der Waals surface area contributed by atoms with E-state index < -0.39 is 54.0 Å². The Kier molecular flexibility index (Phi) is 32.7. The molecule has 9 aromatic heterocycles. The maximum absolute atomic E-state index is 15.3. The van der Waals surface area contributed by atoms with E-state index in [1.165, 1.54) is 50.6 Å². The predicted molar refractivity (Wildman–Crippen MR) is 559 cm³/mol. The molecule has 4 fully saturated rings. The van der Waals surface area contributed by atoms with Crippen molar-refractivity contribution >= 4 is 104 Å². The second kappa shape index (κ2) is 46.8. The van der Waals surface area contributed by atoms with Gasteiger partial charge in [-0.15, -0.1) is 10.2 Å². The third kappa shape index (κ3) is 24.6. The molecule has 0 saturated carbocycles. The van der Waals surface area contributed by atoms with Crippen LogP contribution in [0.15, 0.2) is 272 Å². The van der Waals surface area contributed by atoms with Gasteiger partial charge in [0.2, 0.25) is 17.3 Å². The van der Waals surface area contributed by atoms with E-state index >= 15 is 4.39 Å². The van der Waals surface area contributed by atoms with E-state index in [4.69, 9.17) is 23.3 Å². The van der Waals surface area contributed by atoms with E-state index in [0.717, 1.165) is 106 Å². The molecule has 0 aliphatic carbocycles. The van der Waals surface area contributed by atoms with Crippen LogP contribution in [0.1, 0.15) is 123 Å². The van der Waals surface area contributed by atoms with Crippen molar-refractivity contribution in [3.05, 3.63) is 343 Å². The average molecular weight is 2070 g/mol. The number of morpholine rings is 1. The maximum Gasteiger partial charge on any atom is 0.416 e. The molecule has 2 atom stereocenters. The minimum absolute atomic E-state index is 0.0288. The summed E-state index contributed by atoms with van der Waals surface area (Å²) in [5.41, 5.74) is 8.23. The molecule has 149 heavy (non-hydrogen) atoms. The van der Waals surface area contributed by atoms with Gasteiger partial charge in [0.25, 0.3) is 11.5 Å². The molecular weight excluding hydrogens is 1950 g/mol. The highest BCUT2D eigenvalue weighted by atomic mass is 32.2. The maximum atomic E-state index is 15.3. The lowest BCUT2D eigenvalue weighted by molar-refractivity contribution is -0.137. The highest BCUT2D eigenvalue weighted by molar-refractivity contribution is 7.91. The fraction of sp³-hybridized carbons (Fsp3) is 0.345. The number of likely N-dealkylation sites (N-methyl/N-ethyl adjacent to an activating group) is 1. The number of halogens is 4. The molecule has 5 aliphatic rings. The van der Waals surface area contributed by atoms with E-state index in [9.17, 15) is 58.8 Å². The summed E-state index contributed by atoms with van der Waals surface area (Å²) in [6, 6.07) is 54.2. The number of furan rings is 1. The Morgan fingerprint density at radius 1 is 0.597 bits per heavy atom. The molecule has 14 heterocycles. The molecule has 0 radical (unpaired) electrons. The van der Waals surface area contributed by atoms with Crippen LogP contribution in [0.5, 0.6) is 0 Å². The second-order valence-corrected chi connectivity index (χ2v) is 42.2. The average Bonchev–Trinajstić information content (AvgIpc) is 1.65. The molecule has 39 heteroatoms. The lowest BCUT2D eigenvalue weighted by Gasteiger charge is -2.46. The molecule has 0 spiro atoms. The molecule has 16 aromatic rings. The number of ether oxygens (including phenoxy) is 2. The summed E-state index contributed by atoms with van der Waals surface area (Å²) >= 11 is 0. The van der Waals surface area contributed by atoms with Gasteiger partial charge in [-0.2, -0.15) is 13.2 Å². The number of aromatic nitrogens is 12. The fourth-order valence-electron chi connectivity index (χ4n) is 20.1. The van der Waals surface area contributed by atoms with E-state index in [-0.39, 0.29) is 99.4 Å². The minimum Gasteiger partial charge on any atom is -0.448 e. The van der Waals surface area contributed by atoms with Crippen molar-refractivity contribution in [2.24, 2.45) is 0 Å². The van der Waals surface area contributed by atoms with Crippen molar-refractivity contribution in [1.82, 2.24) is 77.8 Å². The van der Waals surface area contributed by atoms with Gasteiger partial charge in [0.15, 0.2) is 31.5 Å². The van der Waals surface area contributed by atoms with Gasteiger partial charge < -0.3 is 47.4 Å². The number of fused-ring (bicyclic) bond motifs is 8. The first-order valence-electron chi connectivity index (χ1n) is 49.8. The zero-order valence-corrected chi connectivity index (χ0v) is 84.7. The van der Waals surface area contributed by atoms with Gasteiger partial charge in [0, 0.05) is 214 Å². The summed E-state index contributed by atoms with van der Waals surface area (Å²) in [6.07, 6.45) is 14.1. The molecule has 0 N–H and O–H groups in total. The number of carbonyl (C=O) groups is 3. The van der Waals surface area contributed by atoms with Crippen LogP contribution in [0.25, 0.3) is 55.3 Å². The number of hydrogen-bond donors (Lipinski definition) is 0. The summed E-state index contributed by atoms with van der Waals surface area (Å²) in [4.78, 5) is 120. The number of alkyl halides is 3. The molecule has 0 bridgehead atoms. The number of nitrogens with zero attached hydrogens (tertiary/aromatic N) is 19. The molecular formula is C110H115F4N19O14S2. The number of sulfone groups is 2. The summed E-state index contributed by atoms with van der Waals surface area (Å²) in [5.74, 6) is 0.780. The summed E-state index contributed by atoms with van der Waals surface area (Å²) in [7, 11) is -3.56. The number of oxazole rings is 1. The number of benzene rings is 7. The number of ketones is 2. The van der Waals surface area contributed by atoms with Crippen LogP contribution in [0.4, 0.5) is 34.9 Å². The number of aryl methyl sites for hydroxylation is 4. The number of pyridine rings is 3. The van der Waals surface area contributed by atoms with E-state index in [1.54, 1.807) is 128 Å². The highest BCUT2D eigenvalue weighted by Gasteiger charge is 2.46. The lowest BCUT2D eigenvalue weighted by Crippen LogP contribution is -2.50. The first kappa shape index (κ1) is 104. The topological polar surface area (TPSA) is 360 Å². The Balaban J connectivity index is 0.000000130. The fourth-order valence-corrected chi connectivity index (χ4v) is 23.0. The van der Waals surface area contributed by atoms with Gasteiger partial charge in [0.1, 0.15) is 52.3 Å². The van der Waals surface area contributed by atoms with Crippen LogP contribution in [-0.2, 0) is 76.6 Å². The second-order valence-electron chi connectivity index (χ2n) is 38.1. The van der Waals surface area contributed by atoms with Gasteiger partial charge in [0.05, 0.1) is 87.5 Å². The van der Waals surface area contributed by atoms with Crippen molar-refractivity contribution in [3.8, 4) is 5.69 Å². The number of amides is 1. The van der Waals surface area contributed by atoms with Gasteiger partial charge in [-0.1, -0.05) is 90.5 Å². The van der Waals surface area contributed by atoms with Crippen molar-refractivity contribution in [2.75, 3.05) is 145 Å². The van der Waals surface area contributed by atoms with E-state index in [0.29, 0.717) is 163 Å². The predicted octanol–water partition coefficient (Wildman–Crippen LogP) is 14.3. The van der Waals surface area contributed by atoms with Gasteiger partial charge in [-0.25, -0.2) is 45.7 Å². The van der Waals surface area contributed by atoms with Crippen LogP contribution in [-0.4, -0.2) is 249 Å². The van der Waals surface area contributed by atoms with Gasteiger partial charge in [-0.3, -0.25) is 57.5 Å². The number of rotatable bonds is 30. The summed E-state index contributed by atoms with van der Waals surface area (Å²) < 4.78 is 136. The molecule has 774 valence electrons. The Bertz CT molecular complexity index is 7880. The number of piperazine rings is 2. The number of para-hydroxylation sites is 3. The number of hydrogen-bond acceptors (Lipinski definition) is 28. The van der Waals surface area contributed by atoms with E-state index in [1.807, 2.05) is 88.0 Å². The molecule has 5 aliphatic heterocycles. The van der Waals surface area contributed by atoms with Gasteiger partial charge >= 0.3 is 11.7 Å². The monoisotopic (exact) mass is 2070 g/mol. The zero-order chi connectivity index (χ0) is 104. The quantitative estimate of drug-likeness (QED) is 0.0377. The van der Waals surface area contributed by atoms with Crippen LogP contribution in [0.3, 0.4) is 0 Å². The summed E-state index contributed by atoms with van der Waals surface area (Å²) in [6.45, 7) is 16.3. The molecule has 1 amide bonds. The van der Waals surface area contributed by atoms with Crippen LogP contribution >= 0.6 is 0 Å². The van der Waals surface area contributed by atoms with Crippen LogP contribution in [0, 0.1) is 19.7 Å². The SMILES string of the molecule is CN1CCN(CCS(=O)(=O)CN(C)c2nc3c(oc4ccccc43)c(=O)n2-c2ccncc2)CC1.Cc1ccc(S(=O)(=O)Cc2cn(Cc3ccncc3)c3cc(N4CCOCC4)c(F)cc3c2=O)c(C)c1.O=C(CCC1c2ccccc2C(=O)N(C2CCOCC2)C1c1cnco1)CCN1CCN(c2ccccc2)CC1.O=C(CCc1ccc(C(F)(F)F)cc1)CCc1nnc2n(Cc3ccncn3)c(=O)c3ccccc3n12. The van der Waals surface area contributed by atoms with Crippen molar-refractivity contribution in [2.45, 2.75) is 120 Å². The molecule has 7 aromatic carbocycles. The number of carbonyl (C=O) groups excluding carboxylic acids is 3. The molecule has 21 rings (SSSR count). The number of anilines is 3. The largest absolute Gasteiger partial charge is 0.448 e. The third-order valence-corrected chi connectivity index (χ3v) is 31.3. The lowest BCUT2D eigenvalue weighted by atomic mass is 9.77. The third-order valence-electron chi connectivity index (χ3n) is 27.9. The smallest absolute Gasteiger partial charge is 0.416 e. The first-order valence-corrected chi connectivity index (χ1v) is 53.3. The van der Waals surface area contributed by atoms with Crippen molar-refractivity contribution in [1.29, 1.82) is 0 Å². The first-order chi connectivity index (χ1) is 72.0. The molecule has 4 saturated heterocycles. The zero-order valence-electron chi connectivity index (χ0n) is 83.1. The van der Waals surface area contributed by atoms with Crippen molar-refractivity contribution in [3.63, 3.8) is 0 Å². The van der Waals surface area contributed by atoms with Crippen molar-refractivity contribution < 1.29 is 67.1 Å². The summed E-state index contributed by atoms with van der Waals surface area (Å²) in [5, 5.41) is 9.87. The Morgan fingerprint density at radius 2 is 1.27 bits per heavy atom. The highest BCUT2D eigenvalue weighted by Crippen LogP contribution is 2.48.